The summed E-state index contributed by atoms with van der Waals surface area (Å²) in [6, 6.07) is 36.4. The summed E-state index contributed by atoms with van der Waals surface area (Å²) in [4.78, 5) is 14.4. The second-order valence-corrected chi connectivity index (χ2v) is 11.1. The molecule has 0 spiro atoms. The highest BCUT2D eigenvalue weighted by molar-refractivity contribution is 5.89. The fourth-order valence-electron chi connectivity index (χ4n) is 5.51. The number of benzene rings is 4. The fourth-order valence-corrected chi connectivity index (χ4v) is 5.51. The molecular formula is C36H41N3O4. The van der Waals surface area contributed by atoms with Crippen molar-refractivity contribution in [2.24, 2.45) is 5.92 Å². The molecular weight excluding hydrogens is 538 g/mol. The zero-order valence-electron chi connectivity index (χ0n) is 24.9. The van der Waals surface area contributed by atoms with Crippen molar-refractivity contribution < 1.29 is 19.4 Å². The minimum atomic E-state index is -0.586. The molecule has 4 aromatic carbocycles. The molecule has 224 valence electrons. The van der Waals surface area contributed by atoms with Crippen molar-refractivity contribution >= 4 is 11.7 Å². The first-order chi connectivity index (χ1) is 21.0. The van der Waals surface area contributed by atoms with Crippen LogP contribution in [0.5, 0.6) is 0 Å². The molecule has 2 amide bonds. The summed E-state index contributed by atoms with van der Waals surface area (Å²) >= 11 is 0. The molecule has 1 aliphatic rings. The normalized spacial score (nSPS) is 20.1. The molecule has 7 heteroatoms. The maximum absolute atomic E-state index is 12.0. The van der Waals surface area contributed by atoms with E-state index in [1.165, 1.54) is 11.1 Å². The van der Waals surface area contributed by atoms with E-state index in [2.05, 4.69) is 71.0 Å². The maximum Gasteiger partial charge on any atom is 0.319 e. The van der Waals surface area contributed by atoms with Gasteiger partial charge in [0.1, 0.15) is 0 Å². The lowest BCUT2D eigenvalue weighted by Gasteiger charge is -2.43. The van der Waals surface area contributed by atoms with E-state index in [1.807, 2.05) is 67.6 Å². The summed E-state index contributed by atoms with van der Waals surface area (Å²) in [5.41, 5.74) is 6.00. The number of carbonyl (C=O) groups is 1. The number of aliphatic hydroxyl groups is 1. The second-order valence-electron chi connectivity index (χ2n) is 11.1. The van der Waals surface area contributed by atoms with Crippen molar-refractivity contribution in [3.63, 3.8) is 0 Å². The minimum absolute atomic E-state index is 0.000311. The highest BCUT2D eigenvalue weighted by Gasteiger charge is 2.39. The molecule has 3 N–H and O–H groups in total. The third-order valence-electron chi connectivity index (χ3n) is 7.84. The summed E-state index contributed by atoms with van der Waals surface area (Å²) in [6.45, 7) is 6.93. The van der Waals surface area contributed by atoms with Crippen LogP contribution in [0.3, 0.4) is 0 Å². The van der Waals surface area contributed by atoms with Gasteiger partial charge in [0.2, 0.25) is 0 Å². The molecule has 1 aliphatic heterocycles. The lowest BCUT2D eigenvalue weighted by molar-refractivity contribution is -0.276. The van der Waals surface area contributed by atoms with Crippen LogP contribution in [0.1, 0.15) is 54.1 Å². The number of nitrogens with one attached hydrogen (secondary N) is 2. The van der Waals surface area contributed by atoms with Crippen LogP contribution in [0.4, 0.5) is 10.5 Å². The summed E-state index contributed by atoms with van der Waals surface area (Å²) in [5.74, 6) is 0.0592. The van der Waals surface area contributed by atoms with Gasteiger partial charge in [0.25, 0.3) is 0 Å². The van der Waals surface area contributed by atoms with Gasteiger partial charge in [0.15, 0.2) is 6.29 Å². The van der Waals surface area contributed by atoms with Gasteiger partial charge >= 0.3 is 6.03 Å². The summed E-state index contributed by atoms with van der Waals surface area (Å²) < 4.78 is 13.4. The largest absolute Gasteiger partial charge is 0.392 e. The number of anilines is 1. The number of amides is 2. The molecule has 4 atom stereocenters. The van der Waals surface area contributed by atoms with E-state index in [-0.39, 0.29) is 30.8 Å². The van der Waals surface area contributed by atoms with E-state index in [4.69, 9.17) is 9.47 Å². The maximum atomic E-state index is 12.0. The Kier molecular flexibility index (Phi) is 10.6. The van der Waals surface area contributed by atoms with E-state index in [0.717, 1.165) is 29.8 Å². The number of carbonyl (C=O) groups excluding carboxylic acids is 1. The van der Waals surface area contributed by atoms with Crippen molar-refractivity contribution in [2.45, 2.75) is 52.0 Å². The molecule has 1 fully saturated rings. The zero-order chi connectivity index (χ0) is 30.0. The Morgan fingerprint density at radius 3 is 1.91 bits per heavy atom. The lowest BCUT2D eigenvalue weighted by atomic mass is 9.89. The zero-order valence-corrected chi connectivity index (χ0v) is 24.9. The van der Waals surface area contributed by atoms with Crippen molar-refractivity contribution in [3.8, 4) is 0 Å². The Labute approximate surface area is 254 Å². The van der Waals surface area contributed by atoms with Crippen molar-refractivity contribution in [1.82, 2.24) is 10.2 Å². The highest BCUT2D eigenvalue weighted by atomic mass is 16.7. The van der Waals surface area contributed by atoms with Gasteiger partial charge in [-0.1, -0.05) is 104 Å². The number of rotatable bonds is 11. The van der Waals surface area contributed by atoms with Gasteiger partial charge in [0.05, 0.1) is 18.8 Å². The van der Waals surface area contributed by atoms with E-state index in [0.29, 0.717) is 18.8 Å². The van der Waals surface area contributed by atoms with Gasteiger partial charge in [-0.15, -0.1) is 0 Å². The average molecular weight is 580 g/mol. The van der Waals surface area contributed by atoms with E-state index >= 15 is 0 Å². The first kappa shape index (κ1) is 30.4. The van der Waals surface area contributed by atoms with Crippen molar-refractivity contribution in [3.05, 3.63) is 137 Å². The van der Waals surface area contributed by atoms with Gasteiger partial charge in [-0.3, -0.25) is 4.90 Å². The van der Waals surface area contributed by atoms with Crippen molar-refractivity contribution in [2.75, 3.05) is 18.4 Å². The third kappa shape index (κ3) is 8.30. The second kappa shape index (κ2) is 14.9. The number of urea groups is 1. The molecule has 4 unspecified atom stereocenters. The van der Waals surface area contributed by atoms with Gasteiger partial charge in [-0.25, -0.2) is 4.79 Å². The van der Waals surface area contributed by atoms with Crippen LogP contribution in [0, 0.1) is 5.92 Å². The number of hydrogen-bond acceptors (Lipinski definition) is 5. The number of ether oxygens (including phenoxy) is 2. The molecule has 0 aromatic heterocycles. The number of nitrogens with zero attached hydrogens (tertiary/aromatic N) is 1. The number of hydrogen-bond donors (Lipinski definition) is 3. The smallest absolute Gasteiger partial charge is 0.319 e. The Bertz CT molecular complexity index is 1370. The minimum Gasteiger partial charge on any atom is -0.392 e. The van der Waals surface area contributed by atoms with Crippen LogP contribution in [0.25, 0.3) is 0 Å². The molecule has 0 saturated carbocycles. The lowest BCUT2D eigenvalue weighted by Crippen LogP contribution is -2.44. The molecule has 7 nitrogen and oxygen atoms in total. The van der Waals surface area contributed by atoms with E-state index < -0.39 is 6.29 Å². The predicted molar refractivity (Wildman–Crippen MR) is 169 cm³/mol. The summed E-state index contributed by atoms with van der Waals surface area (Å²) in [7, 11) is 0. The molecule has 0 radical (unpaired) electrons. The van der Waals surface area contributed by atoms with Crippen LogP contribution < -0.4 is 10.6 Å². The SMILES string of the molecule is CCNC(=O)Nc1ccc(C2OC(CN(Cc3ccccc3)Cc3ccccc3)C(C)C(c3ccc(CO)cc3)O2)cc1. The quantitative estimate of drug-likeness (QED) is 0.182. The Balaban J connectivity index is 1.41. The van der Waals surface area contributed by atoms with Crippen LogP contribution in [-0.2, 0) is 29.2 Å². The van der Waals surface area contributed by atoms with Crippen LogP contribution in [0.2, 0.25) is 0 Å². The standard InChI is InChI=1S/C36H41N3O4/c1-3-37-36(41)38-32-20-18-31(19-21-32)35-42-33(26(2)34(43-35)30-16-14-29(25-40)15-17-30)24-39(22-27-10-6-4-7-11-27)23-28-12-8-5-9-13-28/h4-21,26,33-35,40H,3,22-25H2,1-2H3,(H2,37,38,41). The molecule has 4 aromatic rings. The summed E-state index contributed by atoms with van der Waals surface area (Å²) in [6.07, 6.45) is -0.917. The van der Waals surface area contributed by atoms with Gasteiger partial charge < -0.3 is 25.2 Å². The molecule has 0 aliphatic carbocycles. The van der Waals surface area contributed by atoms with Crippen LogP contribution in [-0.4, -0.2) is 35.2 Å². The first-order valence-electron chi connectivity index (χ1n) is 15.0. The highest BCUT2D eigenvalue weighted by Crippen LogP contribution is 2.42. The van der Waals surface area contributed by atoms with Crippen LogP contribution >= 0.6 is 0 Å². The topological polar surface area (TPSA) is 83.1 Å². The average Bonchev–Trinajstić information content (AvgIpc) is 3.03. The molecule has 43 heavy (non-hydrogen) atoms. The van der Waals surface area contributed by atoms with Gasteiger partial charge in [0, 0.05) is 43.3 Å². The first-order valence-corrected chi connectivity index (χ1v) is 15.0. The third-order valence-corrected chi connectivity index (χ3v) is 7.84. The van der Waals surface area contributed by atoms with E-state index in [9.17, 15) is 9.90 Å². The van der Waals surface area contributed by atoms with Gasteiger partial charge in [-0.2, -0.15) is 0 Å². The fraction of sp³-hybridized carbons (Fsp3) is 0.306. The Hall–Kier alpha value is -4.01. The number of aliphatic hydroxyl groups excluding tert-OH is 1. The van der Waals surface area contributed by atoms with Gasteiger partial charge in [-0.05, 0) is 41.3 Å². The molecule has 5 rings (SSSR count). The van der Waals surface area contributed by atoms with Crippen LogP contribution in [0.15, 0.2) is 109 Å². The Morgan fingerprint density at radius 2 is 1.35 bits per heavy atom. The molecule has 0 bridgehead atoms. The van der Waals surface area contributed by atoms with E-state index in [1.54, 1.807) is 0 Å². The monoisotopic (exact) mass is 579 g/mol. The Morgan fingerprint density at radius 1 is 0.767 bits per heavy atom. The summed E-state index contributed by atoms with van der Waals surface area (Å²) in [5, 5.41) is 15.2. The molecule has 1 heterocycles. The molecule has 1 saturated heterocycles. The predicted octanol–water partition coefficient (Wildman–Crippen LogP) is 6.81. The van der Waals surface area contributed by atoms with Crippen molar-refractivity contribution in [1.29, 1.82) is 0 Å².